The summed E-state index contributed by atoms with van der Waals surface area (Å²) in [6.45, 7) is 3.46. The zero-order valence-electron chi connectivity index (χ0n) is 13.8. The molecular formula is C18H19N5O2. The summed E-state index contributed by atoms with van der Waals surface area (Å²) < 4.78 is 5.42. The van der Waals surface area contributed by atoms with Crippen molar-refractivity contribution >= 4 is 5.91 Å². The molecule has 1 N–H and O–H groups in total. The number of carbonyl (C=O) groups excluding carboxylic acids is 1. The van der Waals surface area contributed by atoms with Crippen LogP contribution < -0.4 is 5.32 Å². The number of morpholine rings is 1. The number of nitrogens with one attached hydrogen (secondary N) is 1. The van der Waals surface area contributed by atoms with Crippen LogP contribution in [0.25, 0.3) is 0 Å². The van der Waals surface area contributed by atoms with Crippen LogP contribution in [0.4, 0.5) is 0 Å². The van der Waals surface area contributed by atoms with Gasteiger partial charge >= 0.3 is 0 Å². The number of pyridine rings is 2. The average molecular weight is 337 g/mol. The fourth-order valence-corrected chi connectivity index (χ4v) is 2.81. The third-order valence-corrected chi connectivity index (χ3v) is 4.15. The lowest BCUT2D eigenvalue weighted by Gasteiger charge is -2.34. The maximum atomic E-state index is 12.4. The number of rotatable bonds is 5. The van der Waals surface area contributed by atoms with Gasteiger partial charge in [0, 0.05) is 38.2 Å². The molecule has 3 heterocycles. The molecule has 3 rings (SSSR count). The van der Waals surface area contributed by atoms with E-state index in [9.17, 15) is 4.79 Å². The highest BCUT2D eigenvalue weighted by molar-refractivity contribution is 5.93. The summed E-state index contributed by atoms with van der Waals surface area (Å²) in [7, 11) is 0. The minimum atomic E-state index is -0.209. The Morgan fingerprint density at radius 2 is 2.16 bits per heavy atom. The van der Waals surface area contributed by atoms with E-state index >= 15 is 0 Å². The molecule has 0 aromatic carbocycles. The van der Waals surface area contributed by atoms with Crippen molar-refractivity contribution in [3.05, 3.63) is 59.7 Å². The van der Waals surface area contributed by atoms with Crippen molar-refractivity contribution in [2.75, 3.05) is 32.8 Å². The molecule has 0 spiro atoms. The lowest BCUT2D eigenvalue weighted by Crippen LogP contribution is -2.43. The molecule has 0 unspecified atom stereocenters. The van der Waals surface area contributed by atoms with Gasteiger partial charge in [-0.05, 0) is 23.8 Å². The number of aromatic nitrogens is 2. The van der Waals surface area contributed by atoms with Crippen molar-refractivity contribution in [2.45, 2.75) is 6.04 Å². The minimum absolute atomic E-state index is 0.0351. The van der Waals surface area contributed by atoms with Gasteiger partial charge in [-0.3, -0.25) is 14.7 Å². The topological polar surface area (TPSA) is 91.1 Å². The number of nitriles is 1. The molecule has 7 heteroatoms. The van der Waals surface area contributed by atoms with Crippen LogP contribution in [0.2, 0.25) is 0 Å². The molecule has 1 fully saturated rings. The number of ether oxygens (including phenoxy) is 1. The van der Waals surface area contributed by atoms with Gasteiger partial charge < -0.3 is 10.1 Å². The fraction of sp³-hybridized carbons (Fsp3) is 0.333. The SMILES string of the molecule is N#Cc1ccc(C(=O)NC[C@H](c2cccnc2)N2CCOCC2)cn1. The van der Waals surface area contributed by atoms with E-state index in [4.69, 9.17) is 10.00 Å². The second-order valence-electron chi connectivity index (χ2n) is 5.70. The van der Waals surface area contributed by atoms with Gasteiger partial charge in [-0.1, -0.05) is 6.07 Å². The predicted molar refractivity (Wildman–Crippen MR) is 90.7 cm³/mol. The third kappa shape index (κ3) is 4.38. The number of amides is 1. The molecule has 0 radical (unpaired) electrons. The summed E-state index contributed by atoms with van der Waals surface area (Å²) >= 11 is 0. The van der Waals surface area contributed by atoms with Gasteiger partial charge in [0.15, 0.2) is 0 Å². The summed E-state index contributed by atoms with van der Waals surface area (Å²) in [6.07, 6.45) is 4.98. The molecule has 0 aliphatic carbocycles. The number of nitrogens with zero attached hydrogens (tertiary/aromatic N) is 4. The molecular weight excluding hydrogens is 318 g/mol. The van der Waals surface area contributed by atoms with Crippen molar-refractivity contribution in [3.63, 3.8) is 0 Å². The molecule has 1 amide bonds. The van der Waals surface area contributed by atoms with Crippen molar-refractivity contribution in [3.8, 4) is 6.07 Å². The normalized spacial score (nSPS) is 16.0. The quantitative estimate of drug-likeness (QED) is 0.880. The standard InChI is InChI=1S/C18H19N5O2/c19-10-16-4-3-15(12-21-16)18(24)22-13-17(14-2-1-5-20-11-14)23-6-8-25-9-7-23/h1-5,11-12,17H,6-9,13H2,(H,22,24)/t17-/m1/s1. The van der Waals surface area contributed by atoms with Gasteiger partial charge in [0.2, 0.25) is 0 Å². The van der Waals surface area contributed by atoms with Crippen LogP contribution in [-0.2, 0) is 4.74 Å². The second-order valence-corrected chi connectivity index (χ2v) is 5.70. The number of hydrogen-bond acceptors (Lipinski definition) is 6. The molecule has 2 aromatic heterocycles. The van der Waals surface area contributed by atoms with Gasteiger partial charge in [0.25, 0.3) is 5.91 Å². The highest BCUT2D eigenvalue weighted by atomic mass is 16.5. The Hall–Kier alpha value is -2.82. The first-order valence-electron chi connectivity index (χ1n) is 8.14. The Kier molecular flexibility index (Phi) is 5.67. The zero-order chi connectivity index (χ0) is 17.5. The third-order valence-electron chi connectivity index (χ3n) is 4.15. The Bertz CT molecular complexity index is 736. The van der Waals surface area contributed by atoms with E-state index in [0.717, 1.165) is 18.7 Å². The smallest absolute Gasteiger partial charge is 0.252 e. The first kappa shape index (κ1) is 17.0. The molecule has 25 heavy (non-hydrogen) atoms. The molecule has 7 nitrogen and oxygen atoms in total. The van der Waals surface area contributed by atoms with Gasteiger partial charge in [-0.15, -0.1) is 0 Å². The van der Waals surface area contributed by atoms with Gasteiger partial charge in [-0.25, -0.2) is 4.98 Å². The molecule has 2 aromatic rings. The van der Waals surface area contributed by atoms with E-state index in [0.29, 0.717) is 25.3 Å². The van der Waals surface area contributed by atoms with Crippen molar-refractivity contribution in [2.24, 2.45) is 0 Å². The van der Waals surface area contributed by atoms with E-state index in [1.165, 1.54) is 12.3 Å². The maximum Gasteiger partial charge on any atom is 0.252 e. The molecule has 128 valence electrons. The van der Waals surface area contributed by atoms with Gasteiger partial charge in [-0.2, -0.15) is 5.26 Å². The Morgan fingerprint density at radius 1 is 1.32 bits per heavy atom. The average Bonchev–Trinajstić information content (AvgIpc) is 2.70. The summed E-state index contributed by atoms with van der Waals surface area (Å²) in [6, 6.07) is 9.03. The predicted octanol–water partition coefficient (Wildman–Crippen LogP) is 1.15. The molecule has 1 aliphatic rings. The lowest BCUT2D eigenvalue weighted by molar-refractivity contribution is 0.0161. The summed E-state index contributed by atoms with van der Waals surface area (Å²) in [5.74, 6) is -0.209. The Labute approximate surface area is 146 Å². The molecule has 1 saturated heterocycles. The Morgan fingerprint density at radius 3 is 2.80 bits per heavy atom. The van der Waals surface area contributed by atoms with Gasteiger partial charge in [0.1, 0.15) is 11.8 Å². The van der Waals surface area contributed by atoms with Crippen molar-refractivity contribution in [1.29, 1.82) is 5.26 Å². The van der Waals surface area contributed by atoms with E-state index in [1.807, 2.05) is 24.4 Å². The highest BCUT2D eigenvalue weighted by Gasteiger charge is 2.23. The maximum absolute atomic E-state index is 12.4. The first-order chi connectivity index (χ1) is 12.3. The fourth-order valence-electron chi connectivity index (χ4n) is 2.81. The lowest BCUT2D eigenvalue weighted by atomic mass is 10.1. The molecule has 1 atom stereocenters. The molecule has 1 aliphatic heterocycles. The first-order valence-corrected chi connectivity index (χ1v) is 8.14. The van der Waals surface area contributed by atoms with E-state index < -0.39 is 0 Å². The van der Waals surface area contributed by atoms with Crippen LogP contribution >= 0.6 is 0 Å². The number of carbonyl (C=O) groups is 1. The van der Waals surface area contributed by atoms with Crippen molar-refractivity contribution in [1.82, 2.24) is 20.2 Å². The van der Waals surface area contributed by atoms with Crippen LogP contribution in [0.5, 0.6) is 0 Å². The monoisotopic (exact) mass is 337 g/mol. The van der Waals surface area contributed by atoms with Gasteiger partial charge in [0.05, 0.1) is 24.8 Å². The van der Waals surface area contributed by atoms with E-state index in [1.54, 1.807) is 12.3 Å². The highest BCUT2D eigenvalue weighted by Crippen LogP contribution is 2.20. The summed E-state index contributed by atoms with van der Waals surface area (Å²) in [5.41, 5.74) is 1.78. The van der Waals surface area contributed by atoms with Crippen LogP contribution in [0.1, 0.15) is 27.7 Å². The molecule has 0 saturated carbocycles. The second kappa shape index (κ2) is 8.33. The molecule has 0 bridgehead atoms. The largest absolute Gasteiger partial charge is 0.379 e. The zero-order valence-corrected chi connectivity index (χ0v) is 13.8. The van der Waals surface area contributed by atoms with Crippen LogP contribution in [0.15, 0.2) is 42.9 Å². The Balaban J connectivity index is 1.69. The van der Waals surface area contributed by atoms with Crippen LogP contribution in [0.3, 0.4) is 0 Å². The summed E-state index contributed by atoms with van der Waals surface area (Å²) in [4.78, 5) is 22.8. The van der Waals surface area contributed by atoms with Crippen LogP contribution in [0, 0.1) is 11.3 Å². The summed E-state index contributed by atoms with van der Waals surface area (Å²) in [5, 5.41) is 11.7. The van der Waals surface area contributed by atoms with E-state index in [2.05, 4.69) is 20.2 Å². The minimum Gasteiger partial charge on any atom is -0.379 e. The number of hydrogen-bond donors (Lipinski definition) is 1. The van der Waals surface area contributed by atoms with Crippen molar-refractivity contribution < 1.29 is 9.53 Å². The van der Waals surface area contributed by atoms with E-state index in [-0.39, 0.29) is 17.6 Å². The van der Waals surface area contributed by atoms with Crippen LogP contribution in [-0.4, -0.2) is 53.6 Å².